The van der Waals surface area contributed by atoms with E-state index in [2.05, 4.69) is 117 Å². The van der Waals surface area contributed by atoms with Crippen LogP contribution in [0.5, 0.6) is 17.2 Å². The van der Waals surface area contributed by atoms with Gasteiger partial charge in [0.05, 0.1) is 19.9 Å². The fraction of sp³-hybridized carbons (Fsp3) is 0.310. The summed E-state index contributed by atoms with van der Waals surface area (Å²) in [6.07, 6.45) is 1.83. The van der Waals surface area contributed by atoms with Crippen LogP contribution >= 0.6 is 0 Å². The second-order valence-corrected chi connectivity index (χ2v) is 14.4. The molecule has 0 fully saturated rings. The van der Waals surface area contributed by atoms with Gasteiger partial charge in [-0.05, 0) is 106 Å². The maximum Gasteiger partial charge on any atom is 0.119 e. The second kappa shape index (κ2) is 14.5. The number of nitrogens with zero attached hydrogens (tertiary/aromatic N) is 3. The van der Waals surface area contributed by atoms with Crippen LogP contribution in [-0.4, -0.2) is 24.1 Å². The molecule has 0 bridgehead atoms. The Morgan fingerprint density at radius 3 is 1.62 bits per heavy atom. The highest BCUT2D eigenvalue weighted by Gasteiger charge is 2.23. The normalized spacial score (nSPS) is 11.9. The van der Waals surface area contributed by atoms with E-state index < -0.39 is 0 Å². The van der Waals surface area contributed by atoms with Gasteiger partial charge in [0.15, 0.2) is 0 Å². The van der Waals surface area contributed by atoms with Crippen LogP contribution in [0.2, 0.25) is 0 Å². The first kappa shape index (κ1) is 34.5. The molecule has 0 aliphatic rings. The second-order valence-electron chi connectivity index (χ2n) is 14.4. The Labute approximate surface area is 286 Å². The number of anilines is 3. The lowest BCUT2D eigenvalue weighted by atomic mass is 9.79. The van der Waals surface area contributed by atoms with Gasteiger partial charge in [0, 0.05) is 42.9 Å². The van der Waals surface area contributed by atoms with Crippen molar-refractivity contribution in [2.75, 3.05) is 19.1 Å². The average Bonchev–Trinajstić information content (AvgIpc) is 3.06. The molecular weight excluding hydrogens is 594 g/mol. The third kappa shape index (κ3) is 8.36. The lowest BCUT2D eigenvalue weighted by molar-refractivity contribution is -0.271. The van der Waals surface area contributed by atoms with Crippen molar-refractivity contribution in [2.24, 2.45) is 0 Å². The lowest BCUT2D eigenvalue weighted by Gasteiger charge is -2.34. The molecule has 5 aromatic rings. The highest BCUT2D eigenvalue weighted by atomic mass is 16.5. The summed E-state index contributed by atoms with van der Waals surface area (Å²) in [7, 11) is 3.35. The van der Waals surface area contributed by atoms with Crippen LogP contribution in [-0.2, 0) is 30.5 Å². The fourth-order valence-electron chi connectivity index (χ4n) is 5.84. The zero-order chi connectivity index (χ0) is 34.5. The van der Waals surface area contributed by atoms with E-state index in [1.807, 2.05) is 48.7 Å². The van der Waals surface area contributed by atoms with Crippen molar-refractivity contribution in [3.05, 3.63) is 137 Å². The minimum Gasteiger partial charge on any atom is -0.872 e. The summed E-state index contributed by atoms with van der Waals surface area (Å²) in [6, 6.07) is 35.0. The zero-order valence-corrected chi connectivity index (χ0v) is 29.6. The molecule has 1 heterocycles. The number of pyridine rings is 1. The molecule has 0 saturated carbocycles. The van der Waals surface area contributed by atoms with E-state index in [1.165, 1.54) is 5.56 Å². The Hall–Kier alpha value is -4.81. The Morgan fingerprint density at radius 2 is 1.17 bits per heavy atom. The molecule has 48 heavy (non-hydrogen) atoms. The molecule has 0 amide bonds. The number of hydrogen-bond donors (Lipinski definition) is 0. The molecule has 0 radical (unpaired) electrons. The van der Waals surface area contributed by atoms with E-state index in [-0.39, 0.29) is 16.6 Å². The molecule has 6 heteroatoms. The molecule has 4 aromatic carbocycles. The quantitative estimate of drug-likeness (QED) is 0.143. The molecule has 0 spiro atoms. The molecule has 0 aliphatic carbocycles. The Kier molecular flexibility index (Phi) is 10.4. The first-order valence-electron chi connectivity index (χ1n) is 16.5. The van der Waals surface area contributed by atoms with Gasteiger partial charge in [-0.3, -0.25) is 9.88 Å². The molecule has 5 rings (SSSR count). The molecule has 0 saturated heterocycles. The molecule has 0 N–H and O–H groups in total. The van der Waals surface area contributed by atoms with Crippen molar-refractivity contribution >= 4 is 17.1 Å². The van der Waals surface area contributed by atoms with Crippen molar-refractivity contribution < 1.29 is 14.6 Å². The number of ether oxygens (including phenoxy) is 2. The van der Waals surface area contributed by atoms with Crippen LogP contribution in [0.15, 0.2) is 109 Å². The summed E-state index contributed by atoms with van der Waals surface area (Å²) >= 11 is 0. The first-order chi connectivity index (χ1) is 22.9. The highest BCUT2D eigenvalue weighted by Crippen LogP contribution is 2.38. The van der Waals surface area contributed by atoms with Gasteiger partial charge in [0.1, 0.15) is 11.5 Å². The summed E-state index contributed by atoms with van der Waals surface area (Å²) in [6.45, 7) is 14.8. The van der Waals surface area contributed by atoms with E-state index in [1.54, 1.807) is 14.2 Å². The topological polar surface area (TPSA) is 60.9 Å². The molecule has 0 unspecified atom stereocenters. The molecule has 0 atom stereocenters. The van der Waals surface area contributed by atoms with Crippen molar-refractivity contribution in [3.8, 4) is 17.2 Å². The number of rotatable bonds is 11. The van der Waals surface area contributed by atoms with E-state index in [4.69, 9.17) is 9.47 Å². The van der Waals surface area contributed by atoms with Crippen LogP contribution in [0.4, 0.5) is 17.1 Å². The monoisotopic (exact) mass is 642 g/mol. The zero-order valence-electron chi connectivity index (χ0n) is 29.6. The van der Waals surface area contributed by atoms with Crippen molar-refractivity contribution in [1.29, 1.82) is 0 Å². The van der Waals surface area contributed by atoms with Crippen molar-refractivity contribution in [2.45, 2.75) is 72.0 Å². The first-order valence-corrected chi connectivity index (χ1v) is 16.5. The third-order valence-electron chi connectivity index (χ3n) is 8.61. The summed E-state index contributed by atoms with van der Waals surface area (Å²) in [4.78, 5) is 9.15. The van der Waals surface area contributed by atoms with Gasteiger partial charge in [0.25, 0.3) is 0 Å². The minimum atomic E-state index is -0.256. The maximum absolute atomic E-state index is 13.9. The van der Waals surface area contributed by atoms with E-state index in [0.717, 1.165) is 50.9 Å². The summed E-state index contributed by atoms with van der Waals surface area (Å²) < 4.78 is 10.8. The number of aromatic nitrogens is 1. The van der Waals surface area contributed by atoms with Gasteiger partial charge in [-0.2, -0.15) is 0 Å². The highest BCUT2D eigenvalue weighted by molar-refractivity contribution is 5.77. The molecule has 0 aliphatic heterocycles. The number of methoxy groups -OCH3 is 2. The molecule has 250 valence electrons. The Balaban J connectivity index is 1.49. The summed E-state index contributed by atoms with van der Waals surface area (Å²) in [5, 5.41) is 13.9. The number of hydrogen-bond acceptors (Lipinski definition) is 6. The van der Waals surface area contributed by atoms with Crippen molar-refractivity contribution in [3.63, 3.8) is 0 Å². The maximum atomic E-state index is 13.9. The van der Waals surface area contributed by atoms with Gasteiger partial charge in [0.2, 0.25) is 0 Å². The largest absolute Gasteiger partial charge is 0.872 e. The van der Waals surface area contributed by atoms with Gasteiger partial charge >= 0.3 is 0 Å². The summed E-state index contributed by atoms with van der Waals surface area (Å²) in [5.41, 5.74) is 7.71. The van der Waals surface area contributed by atoms with E-state index in [9.17, 15) is 5.11 Å². The third-order valence-corrected chi connectivity index (χ3v) is 8.61. The fourth-order valence-corrected chi connectivity index (χ4v) is 5.84. The van der Waals surface area contributed by atoms with Crippen molar-refractivity contribution in [1.82, 2.24) is 9.88 Å². The van der Waals surface area contributed by atoms with E-state index >= 15 is 0 Å². The predicted octanol–water partition coefficient (Wildman–Crippen LogP) is 9.44. The smallest absolute Gasteiger partial charge is 0.119 e. The predicted molar refractivity (Wildman–Crippen MR) is 195 cm³/mol. The molecule has 6 nitrogen and oxygen atoms in total. The molecular formula is C42H48N3O3-. The number of benzene rings is 4. The Morgan fingerprint density at radius 1 is 0.625 bits per heavy atom. The average molecular weight is 643 g/mol. The van der Waals surface area contributed by atoms with Crippen LogP contribution in [0, 0.1) is 0 Å². The van der Waals surface area contributed by atoms with Gasteiger partial charge in [-0.25, -0.2) is 0 Å². The van der Waals surface area contributed by atoms with Gasteiger partial charge < -0.3 is 19.5 Å². The summed E-state index contributed by atoms with van der Waals surface area (Å²) in [5.74, 6) is 1.74. The lowest BCUT2D eigenvalue weighted by Crippen LogP contribution is -2.26. The molecule has 1 aromatic heterocycles. The van der Waals surface area contributed by atoms with Crippen LogP contribution in [0.25, 0.3) is 0 Å². The van der Waals surface area contributed by atoms with Crippen LogP contribution < -0.4 is 19.5 Å². The van der Waals surface area contributed by atoms with E-state index in [0.29, 0.717) is 19.6 Å². The SMILES string of the molecule is COc1ccc(N(c2ccc(CN(Cc3ccccn3)Cc3cc(C(C)(C)C)cc(C(C)(C)C)c3[O-])cc2)c2ccc(OC)cc2)cc1. The Bertz CT molecular complexity index is 1720. The van der Waals surface area contributed by atoms with Crippen LogP contribution in [0.3, 0.4) is 0 Å². The van der Waals surface area contributed by atoms with Gasteiger partial charge in [-0.1, -0.05) is 71.9 Å². The van der Waals surface area contributed by atoms with Gasteiger partial charge in [-0.15, -0.1) is 5.75 Å². The standard InChI is InChI=1S/C42H49N3O3/c1-41(2,3)32-25-31(40(46)39(26-32)42(4,5)6)28-44(29-33-11-9-10-24-43-33)27-30-12-14-34(15-13-30)45(35-16-20-37(47-7)21-17-35)36-18-22-38(48-8)23-19-36/h9-26,46H,27-29H2,1-8H3/p-1. The van der Waals surface area contributed by atoms with Crippen LogP contribution in [0.1, 0.15) is 69.5 Å². The minimum absolute atomic E-state index is 0.0796.